The summed E-state index contributed by atoms with van der Waals surface area (Å²) in [5.41, 5.74) is 12.8. The number of hydrogen-bond acceptors (Lipinski definition) is 1. The highest BCUT2D eigenvalue weighted by Gasteiger charge is 2.22. The Morgan fingerprint density at radius 2 is 0.969 bits per heavy atom. The normalized spacial score (nSPS) is 12.6. The van der Waals surface area contributed by atoms with Gasteiger partial charge in [0, 0.05) is 25.5 Å². The van der Waals surface area contributed by atoms with E-state index in [2.05, 4.69) is 84.9 Å². The van der Waals surface area contributed by atoms with Crippen molar-refractivity contribution in [2.75, 3.05) is 23.9 Å². The molecule has 0 saturated carbocycles. The van der Waals surface area contributed by atoms with E-state index in [9.17, 15) is 0 Å². The maximum atomic E-state index is 8.88. The summed E-state index contributed by atoms with van der Waals surface area (Å²) < 4.78 is 0. The van der Waals surface area contributed by atoms with E-state index in [0.717, 1.165) is 24.2 Å². The monoisotopic (exact) mass is 415 g/mol. The zero-order valence-corrected chi connectivity index (χ0v) is 18.4. The highest BCUT2D eigenvalue weighted by molar-refractivity contribution is 6.05. The second-order valence-corrected chi connectivity index (χ2v) is 8.79. The zero-order valence-electron chi connectivity index (χ0n) is 18.4. The number of hydrogen-bond donors (Lipinski definition) is 1. The van der Waals surface area contributed by atoms with Crippen molar-refractivity contribution < 1.29 is 0 Å². The van der Waals surface area contributed by atoms with Crippen molar-refractivity contribution in [2.24, 2.45) is 0 Å². The van der Waals surface area contributed by atoms with Crippen molar-refractivity contribution in [3.8, 4) is 22.3 Å². The highest BCUT2D eigenvalue weighted by atomic mass is 15.3. The van der Waals surface area contributed by atoms with Gasteiger partial charge in [-0.2, -0.15) is 0 Å². The van der Waals surface area contributed by atoms with Crippen LogP contribution in [0.25, 0.3) is 22.3 Å². The van der Waals surface area contributed by atoms with Crippen LogP contribution in [0.1, 0.15) is 22.3 Å². The molecular weight excluding hydrogens is 390 g/mol. The standard InChI is InChI=1S/C29H25N3/c1-31(23-11-13-27-21(17-23)15-19-7-3-5-9-25(19)27)29(30)32(2)24-12-14-28-22(18-24)16-20-8-4-6-10-26(20)28/h3-14,17-18,30H,15-16H2,1-2H3. The third-order valence-corrected chi connectivity index (χ3v) is 6.96. The average Bonchev–Trinajstić information content (AvgIpc) is 3.39. The van der Waals surface area contributed by atoms with Gasteiger partial charge in [0.25, 0.3) is 0 Å². The van der Waals surface area contributed by atoms with Gasteiger partial charge in [-0.1, -0.05) is 60.7 Å². The number of nitrogens with zero attached hydrogens (tertiary/aromatic N) is 2. The number of benzene rings is 4. The molecule has 0 amide bonds. The molecule has 0 aliphatic heterocycles. The predicted octanol–water partition coefficient (Wildman–Crippen LogP) is 6.34. The molecule has 0 spiro atoms. The summed E-state index contributed by atoms with van der Waals surface area (Å²) in [5.74, 6) is 0.455. The summed E-state index contributed by atoms with van der Waals surface area (Å²) in [6.07, 6.45) is 1.92. The SMILES string of the molecule is CN(C(=N)N(C)c1ccc2c(c1)Cc1ccccc1-2)c1ccc2c(c1)Cc1ccccc1-2. The molecule has 4 aromatic carbocycles. The van der Waals surface area contributed by atoms with Crippen molar-refractivity contribution >= 4 is 17.3 Å². The van der Waals surface area contributed by atoms with E-state index in [1.165, 1.54) is 44.5 Å². The van der Waals surface area contributed by atoms with E-state index in [4.69, 9.17) is 5.41 Å². The molecule has 2 aliphatic carbocycles. The molecule has 6 rings (SSSR count). The summed E-state index contributed by atoms with van der Waals surface area (Å²) in [7, 11) is 3.96. The van der Waals surface area contributed by atoms with Gasteiger partial charge in [-0.15, -0.1) is 0 Å². The Kier molecular flexibility index (Phi) is 4.19. The molecule has 0 radical (unpaired) electrons. The molecule has 0 heterocycles. The minimum Gasteiger partial charge on any atom is -0.316 e. The molecule has 4 aromatic rings. The van der Waals surface area contributed by atoms with Crippen molar-refractivity contribution in [3.05, 3.63) is 107 Å². The number of rotatable bonds is 2. The number of anilines is 2. The van der Waals surface area contributed by atoms with Crippen LogP contribution in [0.3, 0.4) is 0 Å². The van der Waals surface area contributed by atoms with Crippen LogP contribution in [0.15, 0.2) is 84.9 Å². The summed E-state index contributed by atoms with van der Waals surface area (Å²) in [6.45, 7) is 0. The molecule has 0 fully saturated rings. The lowest BCUT2D eigenvalue weighted by molar-refractivity contribution is 1.11. The third kappa shape index (κ3) is 2.85. The van der Waals surface area contributed by atoms with Gasteiger partial charge < -0.3 is 9.80 Å². The number of guanidine groups is 1. The van der Waals surface area contributed by atoms with Gasteiger partial charge in [-0.05, 0) is 81.6 Å². The lowest BCUT2D eigenvalue weighted by atomic mass is 10.1. The van der Waals surface area contributed by atoms with Crippen LogP contribution in [-0.4, -0.2) is 20.1 Å². The van der Waals surface area contributed by atoms with E-state index in [1.807, 2.05) is 23.9 Å². The van der Waals surface area contributed by atoms with Crippen LogP contribution in [-0.2, 0) is 12.8 Å². The fourth-order valence-corrected chi connectivity index (χ4v) is 5.15. The predicted molar refractivity (Wildman–Crippen MR) is 134 cm³/mol. The number of nitrogens with one attached hydrogen (secondary N) is 1. The van der Waals surface area contributed by atoms with Gasteiger partial charge >= 0.3 is 0 Å². The first-order chi connectivity index (χ1) is 15.6. The van der Waals surface area contributed by atoms with E-state index < -0.39 is 0 Å². The van der Waals surface area contributed by atoms with Gasteiger partial charge in [0.1, 0.15) is 0 Å². The molecular formula is C29H25N3. The van der Waals surface area contributed by atoms with Gasteiger partial charge in [0.15, 0.2) is 0 Å². The maximum absolute atomic E-state index is 8.88. The van der Waals surface area contributed by atoms with Crippen molar-refractivity contribution in [1.82, 2.24) is 0 Å². The Hall–Kier alpha value is -3.85. The number of fused-ring (bicyclic) bond motifs is 6. The summed E-state index contributed by atoms with van der Waals surface area (Å²) in [4.78, 5) is 3.93. The molecule has 0 atom stereocenters. The van der Waals surface area contributed by atoms with Crippen LogP contribution in [0.5, 0.6) is 0 Å². The van der Waals surface area contributed by atoms with Crippen molar-refractivity contribution in [1.29, 1.82) is 5.41 Å². The van der Waals surface area contributed by atoms with E-state index in [1.54, 1.807) is 0 Å². The second kappa shape index (κ2) is 7.10. The third-order valence-electron chi connectivity index (χ3n) is 6.96. The first kappa shape index (κ1) is 18.9. The van der Waals surface area contributed by atoms with Crippen molar-refractivity contribution in [3.63, 3.8) is 0 Å². The molecule has 0 saturated heterocycles. The van der Waals surface area contributed by atoms with Gasteiger partial charge in [-0.25, -0.2) is 0 Å². The molecule has 3 heteroatoms. The van der Waals surface area contributed by atoms with E-state index in [-0.39, 0.29) is 0 Å². The first-order valence-electron chi connectivity index (χ1n) is 11.1. The molecule has 32 heavy (non-hydrogen) atoms. The lowest BCUT2D eigenvalue weighted by Crippen LogP contribution is -2.39. The topological polar surface area (TPSA) is 30.3 Å². The van der Waals surface area contributed by atoms with E-state index >= 15 is 0 Å². The summed E-state index contributed by atoms with van der Waals surface area (Å²) in [6, 6.07) is 30.4. The van der Waals surface area contributed by atoms with Crippen LogP contribution in [0, 0.1) is 5.41 Å². The van der Waals surface area contributed by atoms with Gasteiger partial charge in [0.2, 0.25) is 5.96 Å². The smallest absolute Gasteiger partial charge is 0.202 e. The average molecular weight is 416 g/mol. The maximum Gasteiger partial charge on any atom is 0.202 e. The van der Waals surface area contributed by atoms with Crippen LogP contribution in [0.4, 0.5) is 11.4 Å². The van der Waals surface area contributed by atoms with Gasteiger partial charge in [-0.3, -0.25) is 5.41 Å². The van der Waals surface area contributed by atoms with Crippen LogP contribution >= 0.6 is 0 Å². The molecule has 3 nitrogen and oxygen atoms in total. The minimum atomic E-state index is 0.455. The fourth-order valence-electron chi connectivity index (χ4n) is 5.15. The summed E-state index contributed by atoms with van der Waals surface area (Å²) >= 11 is 0. The summed E-state index contributed by atoms with van der Waals surface area (Å²) in [5, 5.41) is 8.88. The largest absolute Gasteiger partial charge is 0.316 e. The van der Waals surface area contributed by atoms with Gasteiger partial charge in [0.05, 0.1) is 0 Å². The first-order valence-corrected chi connectivity index (χ1v) is 11.1. The zero-order chi connectivity index (χ0) is 21.8. The van der Waals surface area contributed by atoms with Crippen LogP contribution < -0.4 is 9.80 Å². The van der Waals surface area contributed by atoms with Crippen molar-refractivity contribution in [2.45, 2.75) is 12.8 Å². The molecule has 0 unspecified atom stereocenters. The highest BCUT2D eigenvalue weighted by Crippen LogP contribution is 2.39. The molecule has 156 valence electrons. The molecule has 0 aromatic heterocycles. The second-order valence-electron chi connectivity index (χ2n) is 8.79. The fraction of sp³-hybridized carbons (Fsp3) is 0.138. The van der Waals surface area contributed by atoms with E-state index in [0.29, 0.717) is 5.96 Å². The Morgan fingerprint density at radius 3 is 1.44 bits per heavy atom. The lowest BCUT2D eigenvalue weighted by Gasteiger charge is -2.29. The molecule has 0 bridgehead atoms. The molecule has 1 N–H and O–H groups in total. The molecule has 2 aliphatic rings. The Morgan fingerprint density at radius 1 is 0.562 bits per heavy atom. The Bertz CT molecular complexity index is 1280. The Balaban J connectivity index is 1.25. The quantitative estimate of drug-likeness (QED) is 0.264. The minimum absolute atomic E-state index is 0.455. The van der Waals surface area contributed by atoms with Crippen LogP contribution in [0.2, 0.25) is 0 Å². The Labute approximate surface area is 189 Å².